The smallest absolute Gasteiger partial charge is 0.174 e. The molecule has 0 fully saturated rings. The molecule has 2 rings (SSSR count). The topological polar surface area (TPSA) is 45.0 Å². The van der Waals surface area contributed by atoms with E-state index in [1.807, 2.05) is 43.3 Å². The molecule has 0 amide bonds. The monoisotopic (exact) mass is 284 g/mol. The average Bonchev–Trinajstić information content (AvgIpc) is 2.51. The van der Waals surface area contributed by atoms with E-state index in [0.29, 0.717) is 12.3 Å². The van der Waals surface area contributed by atoms with Crippen molar-refractivity contribution in [2.45, 2.75) is 19.5 Å². The molecule has 0 saturated heterocycles. The molecule has 1 atom stereocenters. The summed E-state index contributed by atoms with van der Waals surface area (Å²) in [5.41, 5.74) is 1.86. The van der Waals surface area contributed by atoms with E-state index in [2.05, 4.69) is 5.32 Å². The quantitative estimate of drug-likeness (QED) is 0.882. The Labute approximate surface area is 124 Å². The van der Waals surface area contributed by atoms with Gasteiger partial charge in [0.25, 0.3) is 0 Å². The van der Waals surface area contributed by atoms with E-state index in [1.54, 1.807) is 6.07 Å². The van der Waals surface area contributed by atoms with Crippen LogP contribution >= 0.6 is 0 Å². The summed E-state index contributed by atoms with van der Waals surface area (Å²) >= 11 is 0. The molecular weight excluding hydrogens is 267 g/mol. The van der Waals surface area contributed by atoms with Crippen molar-refractivity contribution >= 4 is 0 Å². The van der Waals surface area contributed by atoms with Gasteiger partial charge in [0.05, 0.1) is 0 Å². The fraction of sp³-hybridized carbons (Fsp3) is 0.235. The summed E-state index contributed by atoms with van der Waals surface area (Å²) in [6.07, 6.45) is 0. The normalized spacial score (nSPS) is 11.7. The highest BCUT2D eigenvalue weighted by Crippen LogP contribution is 2.20. The third-order valence-electron chi connectivity index (χ3n) is 3.21. The van der Waals surface area contributed by atoms with Gasteiger partial charge in [-0.15, -0.1) is 0 Å². The van der Waals surface area contributed by atoms with Crippen LogP contribution in [-0.4, -0.2) is 6.61 Å². The maximum absolute atomic E-state index is 13.2. The van der Waals surface area contributed by atoms with Crippen molar-refractivity contribution < 1.29 is 9.13 Å². The second-order valence-corrected chi connectivity index (χ2v) is 4.71. The number of para-hydroxylation sites is 1. The molecule has 2 aromatic carbocycles. The second kappa shape index (κ2) is 7.41. The third-order valence-corrected chi connectivity index (χ3v) is 3.21. The lowest BCUT2D eigenvalue weighted by Gasteiger charge is -2.16. The predicted octanol–water partition coefficient (Wildman–Crippen LogP) is 3.58. The van der Waals surface area contributed by atoms with E-state index < -0.39 is 0 Å². The van der Waals surface area contributed by atoms with E-state index in [9.17, 15) is 4.39 Å². The summed E-state index contributed by atoms with van der Waals surface area (Å²) in [5, 5.41) is 11.9. The first kappa shape index (κ1) is 15.0. The molecule has 2 aromatic rings. The summed E-state index contributed by atoms with van der Waals surface area (Å²) in [6, 6.07) is 16.1. The van der Waals surface area contributed by atoms with Crippen LogP contribution in [0.4, 0.5) is 4.39 Å². The Morgan fingerprint density at radius 2 is 2.05 bits per heavy atom. The molecule has 1 N–H and O–H groups in total. The van der Waals surface area contributed by atoms with Crippen LogP contribution in [-0.2, 0) is 6.54 Å². The van der Waals surface area contributed by atoms with Gasteiger partial charge in [0.15, 0.2) is 6.61 Å². The van der Waals surface area contributed by atoms with Crippen LogP contribution in [0, 0.1) is 17.1 Å². The van der Waals surface area contributed by atoms with E-state index >= 15 is 0 Å². The van der Waals surface area contributed by atoms with Gasteiger partial charge in [-0.3, -0.25) is 0 Å². The number of ether oxygens (including phenoxy) is 1. The van der Waals surface area contributed by atoms with Gasteiger partial charge in [-0.25, -0.2) is 4.39 Å². The molecule has 3 nitrogen and oxygen atoms in total. The standard InChI is InChI=1S/C17H17FN2O/c1-13(14-6-4-7-16(18)11-14)20-12-15-5-2-3-8-17(15)21-10-9-19/h2-8,11,13,20H,10,12H2,1H3/t13-/m0/s1. The van der Waals surface area contributed by atoms with Crippen molar-refractivity contribution in [2.75, 3.05) is 6.61 Å². The minimum Gasteiger partial charge on any atom is -0.478 e. The number of hydrogen-bond donors (Lipinski definition) is 1. The fourth-order valence-electron chi connectivity index (χ4n) is 2.06. The van der Waals surface area contributed by atoms with E-state index in [1.165, 1.54) is 12.1 Å². The van der Waals surface area contributed by atoms with Crippen molar-refractivity contribution in [1.29, 1.82) is 5.26 Å². The van der Waals surface area contributed by atoms with Crippen LogP contribution in [0.5, 0.6) is 5.75 Å². The van der Waals surface area contributed by atoms with E-state index in [4.69, 9.17) is 10.00 Å². The number of hydrogen-bond acceptors (Lipinski definition) is 3. The van der Waals surface area contributed by atoms with Crippen LogP contribution in [0.2, 0.25) is 0 Å². The van der Waals surface area contributed by atoms with Crippen molar-refractivity contribution in [2.24, 2.45) is 0 Å². The summed E-state index contributed by atoms with van der Waals surface area (Å²) in [6.45, 7) is 2.59. The number of nitriles is 1. The molecule has 0 radical (unpaired) electrons. The van der Waals surface area contributed by atoms with Gasteiger partial charge < -0.3 is 10.1 Å². The first-order chi connectivity index (χ1) is 10.2. The van der Waals surface area contributed by atoms with Crippen LogP contribution < -0.4 is 10.1 Å². The lowest BCUT2D eigenvalue weighted by atomic mass is 10.1. The first-order valence-corrected chi connectivity index (χ1v) is 6.77. The summed E-state index contributed by atoms with van der Waals surface area (Å²) in [4.78, 5) is 0. The molecule has 0 bridgehead atoms. The molecule has 0 aliphatic carbocycles. The van der Waals surface area contributed by atoms with E-state index in [0.717, 1.165) is 11.1 Å². The van der Waals surface area contributed by atoms with Crippen molar-refractivity contribution in [1.82, 2.24) is 5.32 Å². The lowest BCUT2D eigenvalue weighted by molar-refractivity contribution is 0.361. The predicted molar refractivity (Wildman–Crippen MR) is 79.2 cm³/mol. The van der Waals surface area contributed by atoms with E-state index in [-0.39, 0.29) is 18.5 Å². The number of nitrogens with zero attached hydrogens (tertiary/aromatic N) is 1. The first-order valence-electron chi connectivity index (χ1n) is 6.77. The molecule has 108 valence electrons. The summed E-state index contributed by atoms with van der Waals surface area (Å²) in [7, 11) is 0. The van der Waals surface area contributed by atoms with Crippen LogP contribution in [0.3, 0.4) is 0 Å². The highest BCUT2D eigenvalue weighted by Gasteiger charge is 2.08. The molecule has 4 heteroatoms. The maximum atomic E-state index is 13.2. The number of halogens is 1. The van der Waals surface area contributed by atoms with Gasteiger partial charge in [0.1, 0.15) is 17.6 Å². The van der Waals surface area contributed by atoms with Gasteiger partial charge in [-0.1, -0.05) is 30.3 Å². The molecule has 21 heavy (non-hydrogen) atoms. The highest BCUT2D eigenvalue weighted by atomic mass is 19.1. The SMILES string of the molecule is C[C@H](NCc1ccccc1OCC#N)c1cccc(F)c1. The van der Waals surface area contributed by atoms with Crippen molar-refractivity contribution in [3.63, 3.8) is 0 Å². The minimum atomic E-state index is -0.237. The molecule has 0 heterocycles. The molecule has 0 saturated carbocycles. The van der Waals surface area contributed by atoms with Crippen LogP contribution in [0.25, 0.3) is 0 Å². The largest absolute Gasteiger partial charge is 0.478 e. The van der Waals surface area contributed by atoms with Gasteiger partial charge >= 0.3 is 0 Å². The Kier molecular flexibility index (Phi) is 5.30. The maximum Gasteiger partial charge on any atom is 0.174 e. The zero-order valence-electron chi connectivity index (χ0n) is 11.8. The van der Waals surface area contributed by atoms with Crippen LogP contribution in [0.15, 0.2) is 48.5 Å². The lowest BCUT2D eigenvalue weighted by Crippen LogP contribution is -2.18. The zero-order valence-corrected chi connectivity index (χ0v) is 11.8. The number of nitrogens with one attached hydrogen (secondary N) is 1. The van der Waals surface area contributed by atoms with Crippen LogP contribution in [0.1, 0.15) is 24.1 Å². The number of benzene rings is 2. The second-order valence-electron chi connectivity index (χ2n) is 4.71. The van der Waals surface area contributed by atoms with Gasteiger partial charge in [-0.05, 0) is 30.7 Å². The van der Waals surface area contributed by atoms with Crippen molar-refractivity contribution in [3.05, 3.63) is 65.5 Å². The Morgan fingerprint density at radius 1 is 1.24 bits per heavy atom. The Balaban J connectivity index is 2.01. The molecule has 0 aliphatic heterocycles. The molecule has 0 aromatic heterocycles. The average molecular weight is 284 g/mol. The van der Waals surface area contributed by atoms with Crippen molar-refractivity contribution in [3.8, 4) is 11.8 Å². The van der Waals surface area contributed by atoms with Gasteiger partial charge in [0, 0.05) is 18.2 Å². The van der Waals surface area contributed by atoms with Gasteiger partial charge in [-0.2, -0.15) is 5.26 Å². The third kappa shape index (κ3) is 4.30. The van der Waals surface area contributed by atoms with Gasteiger partial charge in [0.2, 0.25) is 0 Å². The molecule has 0 spiro atoms. The Morgan fingerprint density at radius 3 is 2.81 bits per heavy atom. The molecular formula is C17H17FN2O. The summed E-state index contributed by atoms with van der Waals surface area (Å²) in [5.74, 6) is 0.455. The fourth-order valence-corrected chi connectivity index (χ4v) is 2.06. The molecule has 0 aliphatic rings. The highest BCUT2D eigenvalue weighted by molar-refractivity contribution is 5.33. The number of rotatable bonds is 6. The molecule has 0 unspecified atom stereocenters. The minimum absolute atomic E-state index is 0.0183. The zero-order chi connectivity index (χ0) is 15.1. The summed E-state index contributed by atoms with van der Waals surface area (Å²) < 4.78 is 18.6. The Hall–Kier alpha value is -2.38. The Bertz CT molecular complexity index is 637.